The van der Waals surface area contributed by atoms with Crippen LogP contribution in [-0.2, 0) is 0 Å². The second-order valence-corrected chi connectivity index (χ2v) is 4.13. The molecule has 0 aliphatic carbocycles. The number of hydrogen-bond acceptors (Lipinski definition) is 6. The average molecular weight is 260 g/mol. The number of nitrogens with one attached hydrogen (secondary N) is 1. The van der Waals surface area contributed by atoms with Crippen LogP contribution in [0, 0.1) is 0 Å². The van der Waals surface area contributed by atoms with Gasteiger partial charge in [0.05, 0.1) is 30.7 Å². The lowest BCUT2D eigenvalue weighted by molar-refractivity contribution is 0.271. The summed E-state index contributed by atoms with van der Waals surface area (Å²) in [7, 11) is 0. The lowest BCUT2D eigenvalue weighted by Crippen LogP contribution is -2.23. The molecule has 2 aromatic heterocycles. The Morgan fingerprint density at radius 3 is 2.74 bits per heavy atom. The fraction of sp³-hybridized carbons (Fsp3) is 0.308. The summed E-state index contributed by atoms with van der Waals surface area (Å²) in [6, 6.07) is 3.18. The molecule has 2 rings (SSSR count). The number of hydrogen-bond donors (Lipinski definition) is 3. The Balaban J connectivity index is 2.21. The Morgan fingerprint density at radius 2 is 2.11 bits per heavy atom. The van der Waals surface area contributed by atoms with Crippen LogP contribution in [0.3, 0.4) is 0 Å². The van der Waals surface area contributed by atoms with Crippen molar-refractivity contribution < 1.29 is 10.2 Å². The SMILES string of the molecule is CCC(CO)Nc1cncc(-c2ccc(O)nc2)n1. The van der Waals surface area contributed by atoms with Crippen molar-refractivity contribution in [1.82, 2.24) is 15.0 Å². The number of aromatic nitrogens is 3. The van der Waals surface area contributed by atoms with E-state index >= 15 is 0 Å². The highest BCUT2D eigenvalue weighted by Crippen LogP contribution is 2.18. The van der Waals surface area contributed by atoms with E-state index in [0.29, 0.717) is 11.5 Å². The van der Waals surface area contributed by atoms with Gasteiger partial charge in [0.2, 0.25) is 5.88 Å². The fourth-order valence-corrected chi connectivity index (χ4v) is 1.60. The summed E-state index contributed by atoms with van der Waals surface area (Å²) < 4.78 is 0. The standard InChI is InChI=1S/C13H16N4O2/c1-2-10(8-18)16-12-7-14-6-11(17-12)9-3-4-13(19)15-5-9/h3-7,10,18H,2,8H2,1H3,(H,15,19)(H,16,17). The molecule has 0 fully saturated rings. The van der Waals surface area contributed by atoms with Gasteiger partial charge in [0.25, 0.3) is 0 Å². The third kappa shape index (κ3) is 3.38. The second kappa shape index (κ2) is 6.10. The van der Waals surface area contributed by atoms with Crippen molar-refractivity contribution >= 4 is 5.82 Å². The van der Waals surface area contributed by atoms with Gasteiger partial charge in [-0.15, -0.1) is 0 Å². The molecular weight excluding hydrogens is 244 g/mol. The summed E-state index contributed by atoms with van der Waals surface area (Å²) in [4.78, 5) is 12.3. The summed E-state index contributed by atoms with van der Waals surface area (Å²) in [5, 5.41) is 21.4. The van der Waals surface area contributed by atoms with E-state index in [2.05, 4.69) is 20.3 Å². The minimum Gasteiger partial charge on any atom is -0.493 e. The zero-order valence-electron chi connectivity index (χ0n) is 10.6. The lowest BCUT2D eigenvalue weighted by atomic mass is 10.2. The highest BCUT2D eigenvalue weighted by molar-refractivity contribution is 5.59. The van der Waals surface area contributed by atoms with Crippen LogP contribution in [0.1, 0.15) is 13.3 Å². The molecule has 0 spiro atoms. The number of aliphatic hydroxyl groups excluding tert-OH is 1. The molecular formula is C13H16N4O2. The first-order valence-corrected chi connectivity index (χ1v) is 6.07. The second-order valence-electron chi connectivity index (χ2n) is 4.13. The molecule has 0 aliphatic heterocycles. The van der Waals surface area contributed by atoms with Gasteiger partial charge in [-0.25, -0.2) is 9.97 Å². The first kappa shape index (κ1) is 13.2. The molecule has 100 valence electrons. The highest BCUT2D eigenvalue weighted by Gasteiger charge is 2.07. The third-order valence-electron chi connectivity index (χ3n) is 2.74. The lowest BCUT2D eigenvalue weighted by Gasteiger charge is -2.14. The van der Waals surface area contributed by atoms with Crippen LogP contribution in [0.15, 0.2) is 30.7 Å². The normalized spacial score (nSPS) is 12.1. The van der Waals surface area contributed by atoms with Gasteiger partial charge in [-0.1, -0.05) is 6.92 Å². The molecule has 6 heteroatoms. The van der Waals surface area contributed by atoms with Crippen molar-refractivity contribution in [2.45, 2.75) is 19.4 Å². The number of anilines is 1. The summed E-state index contributed by atoms with van der Waals surface area (Å²) >= 11 is 0. The minimum absolute atomic E-state index is 0.0303. The quantitative estimate of drug-likeness (QED) is 0.753. The summed E-state index contributed by atoms with van der Waals surface area (Å²) in [6.45, 7) is 2.03. The van der Waals surface area contributed by atoms with Gasteiger partial charge in [0.1, 0.15) is 5.82 Å². The van der Waals surface area contributed by atoms with Crippen LogP contribution in [0.4, 0.5) is 5.82 Å². The first-order chi connectivity index (χ1) is 9.22. The molecule has 0 bridgehead atoms. The van der Waals surface area contributed by atoms with Gasteiger partial charge in [-0.2, -0.15) is 0 Å². The van der Waals surface area contributed by atoms with Gasteiger partial charge in [-0.05, 0) is 12.5 Å². The topological polar surface area (TPSA) is 91.2 Å². The van der Waals surface area contributed by atoms with E-state index in [1.54, 1.807) is 18.5 Å². The molecule has 0 aliphatic rings. The number of rotatable bonds is 5. The van der Waals surface area contributed by atoms with Crippen molar-refractivity contribution in [3.8, 4) is 17.1 Å². The van der Waals surface area contributed by atoms with E-state index in [-0.39, 0.29) is 18.5 Å². The van der Waals surface area contributed by atoms with E-state index in [1.807, 2.05) is 6.92 Å². The van der Waals surface area contributed by atoms with E-state index in [9.17, 15) is 0 Å². The summed E-state index contributed by atoms with van der Waals surface area (Å²) in [6.07, 6.45) is 5.56. The average Bonchev–Trinajstić information content (AvgIpc) is 2.46. The Hall–Kier alpha value is -2.21. The summed E-state index contributed by atoms with van der Waals surface area (Å²) in [5.74, 6) is 0.573. The molecule has 0 aromatic carbocycles. The molecule has 3 N–H and O–H groups in total. The van der Waals surface area contributed by atoms with Crippen LogP contribution in [0.25, 0.3) is 11.3 Å². The van der Waals surface area contributed by atoms with Gasteiger partial charge in [-0.3, -0.25) is 4.98 Å². The Bertz CT molecular complexity index is 526. The minimum atomic E-state index is -0.0394. The Kier molecular flexibility index (Phi) is 4.25. The van der Waals surface area contributed by atoms with Crippen molar-refractivity contribution in [2.75, 3.05) is 11.9 Å². The largest absolute Gasteiger partial charge is 0.493 e. The molecule has 6 nitrogen and oxygen atoms in total. The van der Waals surface area contributed by atoms with E-state index in [1.165, 1.54) is 12.3 Å². The maximum absolute atomic E-state index is 9.16. The predicted octanol–water partition coefficient (Wildman–Crippen LogP) is 1.43. The zero-order chi connectivity index (χ0) is 13.7. The van der Waals surface area contributed by atoms with Gasteiger partial charge in [0.15, 0.2) is 0 Å². The maximum Gasteiger partial charge on any atom is 0.210 e. The number of pyridine rings is 1. The monoisotopic (exact) mass is 260 g/mol. The maximum atomic E-state index is 9.16. The van der Waals surface area contributed by atoms with Crippen molar-refractivity contribution in [3.05, 3.63) is 30.7 Å². The molecule has 2 heterocycles. The number of aliphatic hydroxyl groups is 1. The van der Waals surface area contributed by atoms with E-state index in [0.717, 1.165) is 12.0 Å². The molecule has 0 saturated heterocycles. The van der Waals surface area contributed by atoms with Crippen molar-refractivity contribution in [2.24, 2.45) is 0 Å². The first-order valence-electron chi connectivity index (χ1n) is 6.07. The van der Waals surface area contributed by atoms with E-state index < -0.39 is 0 Å². The van der Waals surface area contributed by atoms with Crippen molar-refractivity contribution in [3.63, 3.8) is 0 Å². The fourth-order valence-electron chi connectivity index (χ4n) is 1.60. The van der Waals surface area contributed by atoms with Crippen LogP contribution in [-0.4, -0.2) is 37.8 Å². The number of aromatic hydroxyl groups is 1. The smallest absolute Gasteiger partial charge is 0.210 e. The molecule has 2 aromatic rings. The molecule has 0 amide bonds. The molecule has 0 radical (unpaired) electrons. The van der Waals surface area contributed by atoms with Crippen LogP contribution in [0.5, 0.6) is 5.88 Å². The number of nitrogens with zero attached hydrogens (tertiary/aromatic N) is 3. The van der Waals surface area contributed by atoms with Gasteiger partial charge >= 0.3 is 0 Å². The zero-order valence-corrected chi connectivity index (χ0v) is 10.6. The van der Waals surface area contributed by atoms with Crippen LogP contribution in [0.2, 0.25) is 0 Å². The molecule has 1 unspecified atom stereocenters. The van der Waals surface area contributed by atoms with Crippen LogP contribution < -0.4 is 5.32 Å². The molecule has 19 heavy (non-hydrogen) atoms. The van der Waals surface area contributed by atoms with Crippen molar-refractivity contribution in [1.29, 1.82) is 0 Å². The highest BCUT2D eigenvalue weighted by atomic mass is 16.3. The van der Waals surface area contributed by atoms with Gasteiger partial charge in [0, 0.05) is 17.8 Å². The molecule has 0 saturated carbocycles. The van der Waals surface area contributed by atoms with Gasteiger partial charge < -0.3 is 15.5 Å². The van der Waals surface area contributed by atoms with E-state index in [4.69, 9.17) is 10.2 Å². The Morgan fingerprint density at radius 1 is 1.26 bits per heavy atom. The molecule has 1 atom stereocenters. The Labute approximate surface area is 111 Å². The summed E-state index contributed by atoms with van der Waals surface area (Å²) in [5.41, 5.74) is 1.43. The third-order valence-corrected chi connectivity index (χ3v) is 2.74. The van der Waals surface area contributed by atoms with Crippen LogP contribution >= 0.6 is 0 Å². The predicted molar refractivity (Wildman–Crippen MR) is 71.7 cm³/mol.